The van der Waals surface area contributed by atoms with Crippen LogP contribution in [0.4, 0.5) is 5.82 Å². The standard InChI is InChI=1S/C17H27N3/c1-3-9-19-16(11-14-7-5-4-6-8-14)15-10-13(2)12-20-17(15)18/h7,10,12,16,19H,3-6,8-9,11H2,1-2H3,(H2,18,20). The molecule has 3 N–H and O–H groups in total. The molecular weight excluding hydrogens is 246 g/mol. The molecule has 0 aliphatic heterocycles. The first kappa shape index (κ1) is 15.0. The Morgan fingerprint density at radius 3 is 2.95 bits per heavy atom. The summed E-state index contributed by atoms with van der Waals surface area (Å²) in [6.07, 6.45) is 11.6. The number of aryl methyl sites for hydroxylation is 1. The van der Waals surface area contributed by atoms with Crippen LogP contribution >= 0.6 is 0 Å². The van der Waals surface area contributed by atoms with Gasteiger partial charge in [0.1, 0.15) is 5.82 Å². The van der Waals surface area contributed by atoms with Crippen LogP contribution in [0.1, 0.15) is 62.6 Å². The van der Waals surface area contributed by atoms with Gasteiger partial charge in [0.25, 0.3) is 0 Å². The average molecular weight is 273 g/mol. The monoisotopic (exact) mass is 273 g/mol. The number of anilines is 1. The van der Waals surface area contributed by atoms with Gasteiger partial charge in [0.15, 0.2) is 0 Å². The largest absolute Gasteiger partial charge is 0.383 e. The van der Waals surface area contributed by atoms with E-state index < -0.39 is 0 Å². The highest BCUT2D eigenvalue weighted by Crippen LogP contribution is 2.30. The van der Waals surface area contributed by atoms with Crippen LogP contribution < -0.4 is 11.1 Å². The molecular formula is C17H27N3. The second-order valence-corrected chi connectivity index (χ2v) is 5.81. The van der Waals surface area contributed by atoms with Crippen molar-refractivity contribution >= 4 is 5.82 Å². The predicted octanol–water partition coefficient (Wildman–Crippen LogP) is 3.90. The van der Waals surface area contributed by atoms with Gasteiger partial charge >= 0.3 is 0 Å². The van der Waals surface area contributed by atoms with Crippen LogP contribution in [0.15, 0.2) is 23.9 Å². The second-order valence-electron chi connectivity index (χ2n) is 5.81. The smallest absolute Gasteiger partial charge is 0.128 e. The molecule has 1 heterocycles. The van der Waals surface area contributed by atoms with Crippen molar-refractivity contribution < 1.29 is 0 Å². The summed E-state index contributed by atoms with van der Waals surface area (Å²) in [4.78, 5) is 4.32. The fourth-order valence-corrected chi connectivity index (χ4v) is 2.84. The van der Waals surface area contributed by atoms with Gasteiger partial charge in [-0.15, -0.1) is 0 Å². The van der Waals surface area contributed by atoms with E-state index >= 15 is 0 Å². The molecule has 0 amide bonds. The average Bonchev–Trinajstić information content (AvgIpc) is 2.47. The molecule has 2 rings (SSSR count). The summed E-state index contributed by atoms with van der Waals surface area (Å²) in [6.45, 7) is 5.29. The van der Waals surface area contributed by atoms with Gasteiger partial charge in [-0.05, 0) is 63.6 Å². The van der Waals surface area contributed by atoms with Crippen LogP contribution in [0.5, 0.6) is 0 Å². The van der Waals surface area contributed by atoms with Crippen molar-refractivity contribution in [2.45, 2.75) is 58.4 Å². The number of hydrogen-bond donors (Lipinski definition) is 2. The maximum atomic E-state index is 6.10. The van der Waals surface area contributed by atoms with Crippen LogP contribution in [0.2, 0.25) is 0 Å². The third-order valence-electron chi connectivity index (χ3n) is 3.95. The van der Waals surface area contributed by atoms with Crippen molar-refractivity contribution in [1.82, 2.24) is 10.3 Å². The predicted molar refractivity (Wildman–Crippen MR) is 85.6 cm³/mol. The van der Waals surface area contributed by atoms with Crippen molar-refractivity contribution in [3.63, 3.8) is 0 Å². The van der Waals surface area contributed by atoms with Crippen LogP contribution in [-0.4, -0.2) is 11.5 Å². The number of nitrogen functional groups attached to an aromatic ring is 1. The van der Waals surface area contributed by atoms with E-state index in [1.54, 1.807) is 5.57 Å². The third kappa shape index (κ3) is 4.07. The van der Waals surface area contributed by atoms with Crippen molar-refractivity contribution in [3.05, 3.63) is 35.0 Å². The summed E-state index contributed by atoms with van der Waals surface area (Å²) in [5, 5.41) is 3.64. The molecule has 0 saturated heterocycles. The number of aromatic nitrogens is 1. The Hall–Kier alpha value is -1.35. The minimum atomic E-state index is 0.298. The number of allylic oxidation sites excluding steroid dienone is 1. The molecule has 0 radical (unpaired) electrons. The van der Waals surface area contributed by atoms with Crippen LogP contribution in [-0.2, 0) is 0 Å². The van der Waals surface area contributed by atoms with Crippen LogP contribution in [0.3, 0.4) is 0 Å². The molecule has 3 heteroatoms. The lowest BCUT2D eigenvalue weighted by Gasteiger charge is -2.23. The number of hydrogen-bond acceptors (Lipinski definition) is 3. The minimum Gasteiger partial charge on any atom is -0.383 e. The van der Waals surface area contributed by atoms with Crippen molar-refractivity contribution in [3.8, 4) is 0 Å². The quantitative estimate of drug-likeness (QED) is 0.773. The van der Waals surface area contributed by atoms with Gasteiger partial charge in [-0.3, -0.25) is 0 Å². The normalized spacial score (nSPS) is 16.8. The second kappa shape index (κ2) is 7.44. The summed E-state index contributed by atoms with van der Waals surface area (Å²) in [6, 6.07) is 2.48. The first-order valence-electron chi connectivity index (χ1n) is 7.84. The Bertz CT molecular complexity index is 465. The van der Waals surface area contributed by atoms with Gasteiger partial charge in [0.2, 0.25) is 0 Å². The fourth-order valence-electron chi connectivity index (χ4n) is 2.84. The van der Waals surface area contributed by atoms with Crippen LogP contribution in [0.25, 0.3) is 0 Å². The Balaban J connectivity index is 2.17. The summed E-state index contributed by atoms with van der Waals surface area (Å²) in [5.74, 6) is 0.667. The summed E-state index contributed by atoms with van der Waals surface area (Å²) in [7, 11) is 0. The SMILES string of the molecule is CCCNC(CC1=CCCCC1)c1cc(C)cnc1N. The molecule has 0 spiro atoms. The number of nitrogens with one attached hydrogen (secondary N) is 1. The fraction of sp³-hybridized carbons (Fsp3) is 0.588. The molecule has 0 saturated carbocycles. The van der Waals surface area contributed by atoms with E-state index in [1.807, 2.05) is 6.20 Å². The Kier molecular flexibility index (Phi) is 5.60. The number of nitrogens with zero attached hydrogens (tertiary/aromatic N) is 1. The lowest BCUT2D eigenvalue weighted by atomic mass is 9.91. The summed E-state index contributed by atoms with van der Waals surface area (Å²) < 4.78 is 0. The van der Waals surface area contributed by atoms with Gasteiger partial charge in [0.05, 0.1) is 0 Å². The zero-order valence-corrected chi connectivity index (χ0v) is 12.8. The van der Waals surface area contributed by atoms with E-state index in [2.05, 4.69) is 36.3 Å². The topological polar surface area (TPSA) is 50.9 Å². The lowest BCUT2D eigenvalue weighted by molar-refractivity contribution is 0.511. The molecule has 110 valence electrons. The first-order valence-corrected chi connectivity index (χ1v) is 7.84. The van der Waals surface area contributed by atoms with E-state index in [4.69, 9.17) is 5.73 Å². The van der Waals surface area contributed by atoms with Crippen LogP contribution in [0, 0.1) is 6.92 Å². The van der Waals surface area contributed by atoms with E-state index in [-0.39, 0.29) is 0 Å². The number of nitrogens with two attached hydrogens (primary N) is 1. The molecule has 0 fully saturated rings. The molecule has 1 aromatic rings. The number of pyridine rings is 1. The third-order valence-corrected chi connectivity index (χ3v) is 3.95. The highest BCUT2D eigenvalue weighted by Gasteiger charge is 2.17. The summed E-state index contributed by atoms with van der Waals surface area (Å²) >= 11 is 0. The number of rotatable bonds is 6. The van der Waals surface area contributed by atoms with Gasteiger partial charge in [0, 0.05) is 17.8 Å². The van der Waals surface area contributed by atoms with Gasteiger partial charge in [-0.25, -0.2) is 4.98 Å². The van der Waals surface area contributed by atoms with Crippen molar-refractivity contribution in [1.29, 1.82) is 0 Å². The van der Waals surface area contributed by atoms with Gasteiger partial charge < -0.3 is 11.1 Å². The van der Waals surface area contributed by atoms with E-state index in [0.29, 0.717) is 11.9 Å². The molecule has 1 aliphatic carbocycles. The highest BCUT2D eigenvalue weighted by molar-refractivity contribution is 5.43. The van der Waals surface area contributed by atoms with E-state index in [1.165, 1.54) is 31.2 Å². The molecule has 1 aliphatic rings. The van der Waals surface area contributed by atoms with Gasteiger partial charge in [-0.2, -0.15) is 0 Å². The first-order chi connectivity index (χ1) is 9.70. The Morgan fingerprint density at radius 2 is 2.25 bits per heavy atom. The zero-order valence-electron chi connectivity index (χ0n) is 12.8. The molecule has 0 aromatic carbocycles. The van der Waals surface area contributed by atoms with Gasteiger partial charge in [-0.1, -0.05) is 18.6 Å². The summed E-state index contributed by atoms with van der Waals surface area (Å²) in [5.41, 5.74) is 10.0. The molecule has 1 unspecified atom stereocenters. The maximum Gasteiger partial charge on any atom is 0.128 e. The molecule has 0 bridgehead atoms. The van der Waals surface area contributed by atoms with E-state index in [0.717, 1.165) is 24.9 Å². The van der Waals surface area contributed by atoms with Crippen molar-refractivity contribution in [2.24, 2.45) is 0 Å². The Morgan fingerprint density at radius 1 is 1.40 bits per heavy atom. The Labute approximate surface area is 122 Å². The maximum absolute atomic E-state index is 6.10. The molecule has 20 heavy (non-hydrogen) atoms. The zero-order chi connectivity index (χ0) is 14.4. The molecule has 1 atom stereocenters. The molecule has 3 nitrogen and oxygen atoms in total. The van der Waals surface area contributed by atoms with E-state index in [9.17, 15) is 0 Å². The highest BCUT2D eigenvalue weighted by atomic mass is 14.9. The lowest BCUT2D eigenvalue weighted by Crippen LogP contribution is -2.24. The minimum absolute atomic E-state index is 0.298. The van der Waals surface area contributed by atoms with Crippen molar-refractivity contribution in [2.75, 3.05) is 12.3 Å². The molecule has 1 aromatic heterocycles.